The molecule has 1 saturated heterocycles. The molecule has 0 bridgehead atoms. The van der Waals surface area contributed by atoms with Crippen LogP contribution in [0.4, 0.5) is 4.39 Å². The lowest BCUT2D eigenvalue weighted by Crippen LogP contribution is -2.50. The van der Waals surface area contributed by atoms with Gasteiger partial charge in [0.15, 0.2) is 0 Å². The Kier molecular flexibility index (Phi) is 6.32. The summed E-state index contributed by atoms with van der Waals surface area (Å²) >= 11 is 1.42. The zero-order chi connectivity index (χ0) is 21.8. The molecule has 0 unspecified atom stereocenters. The van der Waals surface area contributed by atoms with Crippen molar-refractivity contribution in [2.45, 2.75) is 6.92 Å². The van der Waals surface area contributed by atoms with E-state index >= 15 is 0 Å². The minimum atomic E-state index is -0.435. The summed E-state index contributed by atoms with van der Waals surface area (Å²) in [5, 5.41) is 0. The van der Waals surface area contributed by atoms with Crippen LogP contribution in [0.3, 0.4) is 0 Å². The maximum Gasteiger partial charge on any atom is 0.267 e. The molecular weight excluding hydrogens is 415 g/mol. The van der Waals surface area contributed by atoms with Crippen molar-refractivity contribution >= 4 is 23.2 Å². The summed E-state index contributed by atoms with van der Waals surface area (Å²) in [5.41, 5.74) is 1.36. The third-order valence-corrected chi connectivity index (χ3v) is 6.33. The molecule has 1 fully saturated rings. The maximum atomic E-state index is 13.4. The Balaban J connectivity index is 1.47. The average Bonchev–Trinajstić information content (AvgIpc) is 3.23. The molecule has 7 heteroatoms. The van der Waals surface area contributed by atoms with E-state index in [2.05, 4.69) is 0 Å². The summed E-state index contributed by atoms with van der Waals surface area (Å²) in [6.45, 7) is 4.02. The van der Waals surface area contributed by atoms with Crippen LogP contribution in [0.15, 0.2) is 60.7 Å². The van der Waals surface area contributed by atoms with Crippen LogP contribution in [0, 0.1) is 5.82 Å². The number of amides is 2. The second kappa shape index (κ2) is 9.31. The van der Waals surface area contributed by atoms with Gasteiger partial charge in [0.2, 0.25) is 0 Å². The van der Waals surface area contributed by atoms with Gasteiger partial charge in [-0.05, 0) is 36.8 Å². The van der Waals surface area contributed by atoms with Crippen molar-refractivity contribution in [2.24, 2.45) is 0 Å². The van der Waals surface area contributed by atoms with E-state index in [1.54, 1.807) is 15.9 Å². The second-order valence-corrected chi connectivity index (χ2v) is 8.25. The van der Waals surface area contributed by atoms with Crippen LogP contribution in [0.1, 0.15) is 27.0 Å². The van der Waals surface area contributed by atoms with Gasteiger partial charge in [-0.15, -0.1) is 11.3 Å². The first-order valence-corrected chi connectivity index (χ1v) is 11.0. The molecule has 2 heterocycles. The number of hydrogen-bond donors (Lipinski definition) is 0. The van der Waals surface area contributed by atoms with Crippen LogP contribution in [0.2, 0.25) is 0 Å². The Bertz CT molecular complexity index is 1080. The Morgan fingerprint density at radius 3 is 2.26 bits per heavy atom. The van der Waals surface area contributed by atoms with Gasteiger partial charge < -0.3 is 14.5 Å². The first-order valence-electron chi connectivity index (χ1n) is 10.2. The van der Waals surface area contributed by atoms with Crippen LogP contribution < -0.4 is 4.74 Å². The topological polar surface area (TPSA) is 49.9 Å². The third-order valence-electron chi connectivity index (χ3n) is 5.18. The number of halogens is 1. The molecule has 0 aliphatic carbocycles. The van der Waals surface area contributed by atoms with E-state index in [-0.39, 0.29) is 11.8 Å². The van der Waals surface area contributed by atoms with Gasteiger partial charge in [0.1, 0.15) is 16.4 Å². The lowest BCUT2D eigenvalue weighted by atomic mass is 10.1. The van der Waals surface area contributed by atoms with E-state index in [4.69, 9.17) is 4.74 Å². The number of nitrogens with zero attached hydrogens (tertiary/aromatic N) is 2. The summed E-state index contributed by atoms with van der Waals surface area (Å²) in [6, 6.07) is 17.5. The predicted molar refractivity (Wildman–Crippen MR) is 119 cm³/mol. The molecule has 1 aliphatic rings. The summed E-state index contributed by atoms with van der Waals surface area (Å²) in [5.74, 6) is -0.151. The van der Waals surface area contributed by atoms with Crippen molar-refractivity contribution < 1.29 is 18.7 Å². The van der Waals surface area contributed by atoms with Gasteiger partial charge in [0, 0.05) is 36.6 Å². The number of hydrogen-bond acceptors (Lipinski definition) is 4. The van der Waals surface area contributed by atoms with Crippen LogP contribution in [-0.2, 0) is 0 Å². The highest BCUT2D eigenvalue weighted by atomic mass is 32.1. The predicted octanol–water partition coefficient (Wildman–Crippen LogP) is 4.55. The summed E-state index contributed by atoms with van der Waals surface area (Å²) in [4.78, 5) is 30.8. The minimum Gasteiger partial charge on any atom is -0.492 e. The quantitative estimate of drug-likeness (QED) is 0.587. The molecule has 0 N–H and O–H groups in total. The van der Waals surface area contributed by atoms with Gasteiger partial charge in [-0.1, -0.05) is 36.4 Å². The largest absolute Gasteiger partial charge is 0.492 e. The second-order valence-electron chi connectivity index (χ2n) is 7.20. The van der Waals surface area contributed by atoms with Crippen LogP contribution in [0.25, 0.3) is 10.4 Å². The number of carbonyl (C=O) groups is 2. The first-order chi connectivity index (χ1) is 15.1. The van der Waals surface area contributed by atoms with Crippen molar-refractivity contribution in [3.8, 4) is 16.2 Å². The third kappa shape index (κ3) is 4.61. The van der Waals surface area contributed by atoms with E-state index < -0.39 is 5.82 Å². The fourth-order valence-corrected chi connectivity index (χ4v) is 4.67. The van der Waals surface area contributed by atoms with Crippen molar-refractivity contribution in [2.75, 3.05) is 32.8 Å². The summed E-state index contributed by atoms with van der Waals surface area (Å²) < 4.78 is 19.2. The number of rotatable bonds is 5. The molecule has 5 nitrogen and oxygen atoms in total. The zero-order valence-electron chi connectivity index (χ0n) is 17.2. The van der Waals surface area contributed by atoms with E-state index in [1.807, 2.05) is 43.3 Å². The molecule has 0 spiro atoms. The molecular formula is C24H23FN2O3S. The number of thiophene rings is 1. The number of ether oxygens (including phenoxy) is 1. The van der Waals surface area contributed by atoms with E-state index in [1.165, 1.54) is 29.5 Å². The van der Waals surface area contributed by atoms with Crippen molar-refractivity contribution in [1.82, 2.24) is 9.80 Å². The van der Waals surface area contributed by atoms with Crippen molar-refractivity contribution in [1.29, 1.82) is 0 Å². The van der Waals surface area contributed by atoms with E-state index in [0.29, 0.717) is 49.0 Å². The Hall–Kier alpha value is -3.19. The molecule has 0 atom stereocenters. The molecule has 0 radical (unpaired) electrons. The molecule has 2 aromatic carbocycles. The smallest absolute Gasteiger partial charge is 0.267 e. The Morgan fingerprint density at radius 2 is 1.61 bits per heavy atom. The SMILES string of the molecule is CCOc1cc(-c2ccccc2)sc1C(=O)N1CCN(C(=O)c2cccc(F)c2)CC1. The zero-order valence-corrected chi connectivity index (χ0v) is 18.0. The first kappa shape index (κ1) is 21.1. The van der Waals surface area contributed by atoms with Crippen molar-refractivity contribution in [3.05, 3.63) is 76.9 Å². The Labute approximate surface area is 184 Å². The minimum absolute atomic E-state index is 0.0894. The monoisotopic (exact) mass is 438 g/mol. The normalized spacial score (nSPS) is 13.9. The lowest BCUT2D eigenvalue weighted by Gasteiger charge is -2.34. The van der Waals surface area contributed by atoms with Gasteiger partial charge in [-0.2, -0.15) is 0 Å². The average molecular weight is 439 g/mol. The van der Waals surface area contributed by atoms with Crippen LogP contribution >= 0.6 is 11.3 Å². The molecule has 31 heavy (non-hydrogen) atoms. The molecule has 3 aromatic rings. The fraction of sp³-hybridized carbons (Fsp3) is 0.250. The molecule has 2 amide bonds. The Morgan fingerprint density at radius 1 is 0.935 bits per heavy atom. The van der Waals surface area contributed by atoms with Crippen LogP contribution in [-0.4, -0.2) is 54.4 Å². The molecule has 1 aromatic heterocycles. The standard InChI is InChI=1S/C24H23FN2O3S/c1-2-30-20-16-21(17-7-4-3-5-8-17)31-22(20)24(29)27-13-11-26(12-14-27)23(28)18-9-6-10-19(25)15-18/h3-10,15-16H,2,11-14H2,1H3. The highest BCUT2D eigenvalue weighted by Gasteiger charge is 2.28. The maximum absolute atomic E-state index is 13.4. The van der Waals surface area contributed by atoms with Gasteiger partial charge in [0.25, 0.3) is 11.8 Å². The molecule has 160 valence electrons. The molecule has 4 rings (SSSR count). The summed E-state index contributed by atoms with van der Waals surface area (Å²) in [7, 11) is 0. The molecule has 0 saturated carbocycles. The lowest BCUT2D eigenvalue weighted by molar-refractivity contribution is 0.0536. The van der Waals surface area contributed by atoms with Crippen molar-refractivity contribution in [3.63, 3.8) is 0 Å². The number of benzene rings is 2. The highest BCUT2D eigenvalue weighted by Crippen LogP contribution is 2.37. The van der Waals surface area contributed by atoms with E-state index in [0.717, 1.165) is 10.4 Å². The number of piperazine rings is 1. The fourth-order valence-electron chi connectivity index (χ4n) is 3.59. The van der Waals surface area contributed by atoms with Gasteiger partial charge in [-0.3, -0.25) is 9.59 Å². The van der Waals surface area contributed by atoms with Gasteiger partial charge >= 0.3 is 0 Å². The highest BCUT2D eigenvalue weighted by molar-refractivity contribution is 7.17. The van der Waals surface area contributed by atoms with E-state index in [9.17, 15) is 14.0 Å². The van der Waals surface area contributed by atoms with Gasteiger partial charge in [0.05, 0.1) is 6.61 Å². The van der Waals surface area contributed by atoms with Gasteiger partial charge in [-0.25, -0.2) is 4.39 Å². The molecule has 1 aliphatic heterocycles. The van der Waals surface area contributed by atoms with Crippen LogP contribution in [0.5, 0.6) is 5.75 Å². The number of carbonyl (C=O) groups excluding carboxylic acids is 2. The summed E-state index contributed by atoms with van der Waals surface area (Å²) in [6.07, 6.45) is 0.